The van der Waals surface area contributed by atoms with Crippen LogP contribution in [0.25, 0.3) is 11.0 Å². The number of rotatable bonds is 2. The third-order valence-electron chi connectivity index (χ3n) is 4.42. The molecule has 25 heavy (non-hydrogen) atoms. The van der Waals surface area contributed by atoms with Gasteiger partial charge in [-0.3, -0.25) is 24.2 Å². The number of hydrogen-bond acceptors (Lipinski definition) is 5. The Bertz CT molecular complexity index is 1040. The summed E-state index contributed by atoms with van der Waals surface area (Å²) in [5.41, 5.74) is -0.694. The van der Waals surface area contributed by atoms with Crippen molar-refractivity contribution in [3.05, 3.63) is 57.1 Å². The van der Waals surface area contributed by atoms with Crippen LogP contribution in [0.1, 0.15) is 29.2 Å². The highest BCUT2D eigenvalue weighted by Crippen LogP contribution is 2.22. The van der Waals surface area contributed by atoms with E-state index in [1.807, 2.05) is 16.9 Å². The molecule has 1 fully saturated rings. The molecule has 0 aromatic carbocycles. The van der Waals surface area contributed by atoms with Crippen LogP contribution in [0.15, 0.2) is 40.3 Å². The molecule has 1 amide bonds. The second-order valence-electron chi connectivity index (χ2n) is 6.06. The first kappa shape index (κ1) is 15.3. The molecular weight excluding hydrogens is 324 g/mol. The first-order valence-electron chi connectivity index (χ1n) is 8.02. The number of carbonyl (C=O) groups is 1. The van der Waals surface area contributed by atoms with E-state index in [9.17, 15) is 14.4 Å². The summed E-state index contributed by atoms with van der Waals surface area (Å²) in [5, 5.41) is 4.44. The zero-order chi connectivity index (χ0) is 17.4. The molecule has 1 atom stereocenters. The van der Waals surface area contributed by atoms with Crippen molar-refractivity contribution in [3.8, 4) is 0 Å². The summed E-state index contributed by atoms with van der Waals surface area (Å²) >= 11 is 0. The van der Waals surface area contributed by atoms with E-state index in [4.69, 9.17) is 0 Å². The highest BCUT2D eigenvalue weighted by atomic mass is 16.2. The monoisotopic (exact) mass is 340 g/mol. The van der Waals surface area contributed by atoms with Crippen molar-refractivity contribution < 1.29 is 4.79 Å². The van der Waals surface area contributed by atoms with Gasteiger partial charge in [0.25, 0.3) is 11.5 Å². The summed E-state index contributed by atoms with van der Waals surface area (Å²) in [4.78, 5) is 46.4. The van der Waals surface area contributed by atoms with Gasteiger partial charge in [-0.25, -0.2) is 9.78 Å². The summed E-state index contributed by atoms with van der Waals surface area (Å²) in [6, 6.07) is 3.47. The Kier molecular flexibility index (Phi) is 3.68. The van der Waals surface area contributed by atoms with E-state index in [2.05, 4.69) is 20.1 Å². The highest BCUT2D eigenvalue weighted by molar-refractivity contribution is 5.96. The number of likely N-dealkylation sites (tertiary alicyclic amines) is 1. The van der Waals surface area contributed by atoms with E-state index in [0.29, 0.717) is 18.7 Å². The average Bonchev–Trinajstić information content (AvgIpc) is 3.15. The number of hydrogen-bond donors (Lipinski definition) is 2. The standard InChI is InChI=1S/C16H16N6O3/c23-14-12-7-10(8-17-13(12)19-16(25)20-14)15(24)21-5-1-3-11(9-21)22-6-2-4-18-22/h2,4,6-8,11H,1,3,5,9H2,(H2,17,19,20,23,25)/t11-/m0/s1. The van der Waals surface area contributed by atoms with Crippen LogP contribution in [-0.4, -0.2) is 48.6 Å². The number of carbonyl (C=O) groups excluding carboxylic acids is 1. The summed E-state index contributed by atoms with van der Waals surface area (Å²) in [5.74, 6) is -0.183. The van der Waals surface area contributed by atoms with Crippen molar-refractivity contribution in [2.75, 3.05) is 13.1 Å². The molecule has 2 N–H and O–H groups in total. The van der Waals surface area contributed by atoms with Gasteiger partial charge in [-0.05, 0) is 25.0 Å². The van der Waals surface area contributed by atoms with Gasteiger partial charge in [0.2, 0.25) is 0 Å². The van der Waals surface area contributed by atoms with Crippen LogP contribution in [0.3, 0.4) is 0 Å². The smallest absolute Gasteiger partial charge is 0.327 e. The Morgan fingerprint density at radius 2 is 2.16 bits per heavy atom. The Morgan fingerprint density at radius 1 is 1.28 bits per heavy atom. The minimum absolute atomic E-state index is 0.140. The van der Waals surface area contributed by atoms with Crippen LogP contribution in [-0.2, 0) is 0 Å². The predicted octanol–water partition coefficient (Wildman–Crippen LogP) is 0.285. The highest BCUT2D eigenvalue weighted by Gasteiger charge is 2.26. The zero-order valence-corrected chi connectivity index (χ0v) is 13.3. The van der Waals surface area contributed by atoms with Gasteiger partial charge in [0.05, 0.1) is 17.0 Å². The van der Waals surface area contributed by atoms with E-state index in [1.54, 1.807) is 11.1 Å². The SMILES string of the molecule is O=C(c1cnc2[nH]c(=O)[nH]c(=O)c2c1)N1CCC[C@H](n2cccn2)C1. The fourth-order valence-corrected chi connectivity index (χ4v) is 3.20. The van der Waals surface area contributed by atoms with Gasteiger partial charge in [0.15, 0.2) is 0 Å². The van der Waals surface area contributed by atoms with Crippen LogP contribution in [0.2, 0.25) is 0 Å². The predicted molar refractivity (Wildman–Crippen MR) is 89.4 cm³/mol. The van der Waals surface area contributed by atoms with Crippen molar-refractivity contribution in [3.63, 3.8) is 0 Å². The van der Waals surface area contributed by atoms with Gasteiger partial charge in [-0.15, -0.1) is 0 Å². The van der Waals surface area contributed by atoms with Gasteiger partial charge >= 0.3 is 5.69 Å². The van der Waals surface area contributed by atoms with E-state index < -0.39 is 11.2 Å². The zero-order valence-electron chi connectivity index (χ0n) is 13.3. The summed E-state index contributed by atoms with van der Waals surface area (Å²) in [7, 11) is 0. The Labute approximate surface area is 141 Å². The molecule has 4 rings (SSSR count). The first-order valence-corrected chi connectivity index (χ1v) is 8.02. The van der Waals surface area contributed by atoms with E-state index in [0.717, 1.165) is 12.8 Å². The molecule has 3 aromatic heterocycles. The number of H-pyrrole nitrogens is 2. The number of aromatic amines is 2. The maximum Gasteiger partial charge on any atom is 0.327 e. The number of nitrogens with zero attached hydrogens (tertiary/aromatic N) is 4. The topological polar surface area (TPSA) is 117 Å². The van der Waals surface area contributed by atoms with Crippen LogP contribution >= 0.6 is 0 Å². The minimum atomic E-state index is -0.623. The second kappa shape index (κ2) is 6.00. The van der Waals surface area contributed by atoms with Crippen LogP contribution in [0.5, 0.6) is 0 Å². The number of amides is 1. The number of piperidine rings is 1. The van der Waals surface area contributed by atoms with Gasteiger partial charge in [0.1, 0.15) is 5.65 Å². The molecule has 128 valence electrons. The lowest BCUT2D eigenvalue weighted by Gasteiger charge is -2.32. The molecule has 0 saturated carbocycles. The van der Waals surface area contributed by atoms with Crippen molar-refractivity contribution in [1.82, 2.24) is 29.6 Å². The molecule has 3 aromatic rings. The van der Waals surface area contributed by atoms with E-state index in [-0.39, 0.29) is 23.0 Å². The molecule has 0 unspecified atom stereocenters. The minimum Gasteiger partial charge on any atom is -0.336 e. The molecule has 9 heteroatoms. The Morgan fingerprint density at radius 3 is 2.96 bits per heavy atom. The number of nitrogens with one attached hydrogen (secondary N) is 2. The largest absolute Gasteiger partial charge is 0.336 e. The van der Waals surface area contributed by atoms with Crippen LogP contribution < -0.4 is 11.2 Å². The molecule has 1 saturated heterocycles. The number of fused-ring (bicyclic) bond motifs is 1. The molecule has 0 spiro atoms. The lowest BCUT2D eigenvalue weighted by atomic mass is 10.0. The van der Waals surface area contributed by atoms with Crippen LogP contribution in [0, 0.1) is 0 Å². The second-order valence-corrected chi connectivity index (χ2v) is 6.06. The molecule has 9 nitrogen and oxygen atoms in total. The van der Waals surface area contributed by atoms with E-state index in [1.165, 1.54) is 12.3 Å². The van der Waals surface area contributed by atoms with Crippen molar-refractivity contribution in [1.29, 1.82) is 0 Å². The molecule has 1 aliphatic heterocycles. The average molecular weight is 340 g/mol. The fourth-order valence-electron chi connectivity index (χ4n) is 3.20. The molecule has 1 aliphatic rings. The Balaban J connectivity index is 1.63. The van der Waals surface area contributed by atoms with Gasteiger partial charge in [0, 0.05) is 31.7 Å². The van der Waals surface area contributed by atoms with Crippen LogP contribution in [0.4, 0.5) is 0 Å². The maximum absolute atomic E-state index is 12.8. The summed E-state index contributed by atoms with van der Waals surface area (Å²) in [6.45, 7) is 1.21. The van der Waals surface area contributed by atoms with E-state index >= 15 is 0 Å². The Hall–Kier alpha value is -3.23. The third kappa shape index (κ3) is 2.84. The number of aromatic nitrogens is 5. The lowest BCUT2D eigenvalue weighted by Crippen LogP contribution is -2.41. The molecule has 0 radical (unpaired) electrons. The first-order chi connectivity index (χ1) is 12.1. The summed E-state index contributed by atoms with van der Waals surface area (Å²) in [6.07, 6.45) is 6.85. The molecule has 4 heterocycles. The van der Waals surface area contributed by atoms with Gasteiger partial charge in [-0.1, -0.05) is 0 Å². The molecular formula is C16H16N6O3. The maximum atomic E-state index is 12.8. The van der Waals surface area contributed by atoms with Crippen molar-refractivity contribution >= 4 is 16.9 Å². The van der Waals surface area contributed by atoms with Gasteiger partial charge in [-0.2, -0.15) is 5.10 Å². The fraction of sp³-hybridized carbons (Fsp3) is 0.312. The normalized spacial score (nSPS) is 17.8. The van der Waals surface area contributed by atoms with Gasteiger partial charge < -0.3 is 4.90 Å². The third-order valence-corrected chi connectivity index (χ3v) is 4.42. The number of pyridine rings is 1. The summed E-state index contributed by atoms with van der Waals surface area (Å²) < 4.78 is 1.87. The van der Waals surface area contributed by atoms with Crippen molar-refractivity contribution in [2.24, 2.45) is 0 Å². The lowest BCUT2D eigenvalue weighted by molar-refractivity contribution is 0.0672. The molecule has 0 aliphatic carbocycles. The molecule has 0 bridgehead atoms. The van der Waals surface area contributed by atoms with Crippen molar-refractivity contribution in [2.45, 2.75) is 18.9 Å². The quantitative estimate of drug-likeness (QED) is 0.695.